The van der Waals surface area contributed by atoms with E-state index in [1.165, 1.54) is 0 Å². The lowest BCUT2D eigenvalue weighted by atomic mass is 10.1. The molecule has 0 fully saturated rings. The smallest absolute Gasteiger partial charge is 0.260 e. The topological polar surface area (TPSA) is 78.8 Å². The van der Waals surface area contributed by atoms with Crippen LogP contribution in [0.3, 0.4) is 0 Å². The number of hydrogen-bond donors (Lipinski definition) is 1. The summed E-state index contributed by atoms with van der Waals surface area (Å²) in [6.45, 7) is 3.31. The van der Waals surface area contributed by atoms with Crippen molar-refractivity contribution in [3.63, 3.8) is 0 Å². The standard InChI is InChI=1S/C18H20BrN3O3S/c1-13-7-9-17(10-8-13)22(26(3,24)25)12-18(23)21-20-14(2)15-5-4-6-16(19)11-15/h4-11H,12H2,1-3H3,(H,21,23)/b20-14-. The second kappa shape index (κ2) is 8.46. The van der Waals surface area contributed by atoms with Crippen molar-refractivity contribution in [2.24, 2.45) is 5.10 Å². The lowest BCUT2D eigenvalue weighted by Gasteiger charge is -2.21. The van der Waals surface area contributed by atoms with Gasteiger partial charge in [0, 0.05) is 4.47 Å². The van der Waals surface area contributed by atoms with Gasteiger partial charge in [-0.2, -0.15) is 5.10 Å². The molecule has 2 aromatic carbocycles. The van der Waals surface area contributed by atoms with Crippen LogP contribution < -0.4 is 9.73 Å². The van der Waals surface area contributed by atoms with Gasteiger partial charge in [-0.3, -0.25) is 9.10 Å². The molecule has 0 unspecified atom stereocenters. The van der Waals surface area contributed by atoms with Crippen molar-refractivity contribution in [1.29, 1.82) is 0 Å². The van der Waals surface area contributed by atoms with E-state index in [2.05, 4.69) is 26.5 Å². The van der Waals surface area contributed by atoms with E-state index in [-0.39, 0.29) is 6.54 Å². The summed E-state index contributed by atoms with van der Waals surface area (Å²) in [5.74, 6) is -0.523. The van der Waals surface area contributed by atoms with Crippen LogP contribution in [-0.4, -0.2) is 32.8 Å². The molecule has 0 heterocycles. The summed E-state index contributed by atoms with van der Waals surface area (Å²) in [4.78, 5) is 12.2. The third kappa shape index (κ3) is 5.67. The summed E-state index contributed by atoms with van der Waals surface area (Å²) < 4.78 is 26.1. The minimum Gasteiger partial charge on any atom is -0.271 e. The molecular formula is C18H20BrN3O3S. The Morgan fingerprint density at radius 3 is 2.42 bits per heavy atom. The third-order valence-corrected chi connectivity index (χ3v) is 5.23. The van der Waals surface area contributed by atoms with Gasteiger partial charge < -0.3 is 0 Å². The molecule has 0 aromatic heterocycles. The number of benzene rings is 2. The highest BCUT2D eigenvalue weighted by Gasteiger charge is 2.20. The predicted octanol–water partition coefficient (Wildman–Crippen LogP) is 3.06. The molecule has 0 spiro atoms. The van der Waals surface area contributed by atoms with Gasteiger partial charge in [0.05, 0.1) is 17.7 Å². The van der Waals surface area contributed by atoms with Gasteiger partial charge in [0.25, 0.3) is 5.91 Å². The molecule has 0 aliphatic carbocycles. The second-order valence-electron chi connectivity index (χ2n) is 5.85. The van der Waals surface area contributed by atoms with Crippen LogP contribution in [0, 0.1) is 6.92 Å². The van der Waals surface area contributed by atoms with Gasteiger partial charge in [-0.05, 0) is 43.7 Å². The number of hydrogen-bond acceptors (Lipinski definition) is 4. The Hall–Kier alpha value is -2.19. The number of carbonyl (C=O) groups excluding carboxylic acids is 1. The van der Waals surface area contributed by atoms with Gasteiger partial charge in [-0.25, -0.2) is 13.8 Å². The number of rotatable bonds is 6. The molecule has 26 heavy (non-hydrogen) atoms. The summed E-state index contributed by atoms with van der Waals surface area (Å²) in [6, 6.07) is 14.4. The molecule has 1 N–H and O–H groups in total. The molecule has 138 valence electrons. The van der Waals surface area contributed by atoms with Gasteiger partial charge in [-0.1, -0.05) is 45.8 Å². The predicted molar refractivity (Wildman–Crippen MR) is 108 cm³/mol. The Bertz CT molecular complexity index is 925. The molecule has 2 rings (SSSR count). The van der Waals surface area contributed by atoms with E-state index in [4.69, 9.17) is 0 Å². The monoisotopic (exact) mass is 437 g/mol. The lowest BCUT2D eigenvalue weighted by Crippen LogP contribution is -2.39. The molecule has 2 aromatic rings. The van der Waals surface area contributed by atoms with E-state index < -0.39 is 15.9 Å². The molecule has 1 amide bonds. The van der Waals surface area contributed by atoms with E-state index in [1.807, 2.05) is 31.2 Å². The van der Waals surface area contributed by atoms with E-state index in [1.54, 1.807) is 31.2 Å². The molecule has 0 saturated heterocycles. The number of nitrogens with zero attached hydrogens (tertiary/aromatic N) is 2. The summed E-state index contributed by atoms with van der Waals surface area (Å²) in [6.07, 6.45) is 1.07. The van der Waals surface area contributed by atoms with Crippen LogP contribution in [0.2, 0.25) is 0 Å². The van der Waals surface area contributed by atoms with Crippen LogP contribution in [0.1, 0.15) is 18.1 Å². The van der Waals surface area contributed by atoms with Crippen LogP contribution in [-0.2, 0) is 14.8 Å². The molecule has 0 aliphatic rings. The number of nitrogens with one attached hydrogen (secondary N) is 1. The molecule has 0 bridgehead atoms. The number of anilines is 1. The van der Waals surface area contributed by atoms with E-state index >= 15 is 0 Å². The van der Waals surface area contributed by atoms with E-state index in [0.29, 0.717) is 11.4 Å². The summed E-state index contributed by atoms with van der Waals surface area (Å²) in [5.41, 5.74) is 5.30. The quantitative estimate of drug-likeness (QED) is 0.556. The second-order valence-corrected chi connectivity index (χ2v) is 8.67. The van der Waals surface area contributed by atoms with Crippen molar-refractivity contribution < 1.29 is 13.2 Å². The Kier molecular flexibility index (Phi) is 6.55. The summed E-state index contributed by atoms with van der Waals surface area (Å²) >= 11 is 3.38. The van der Waals surface area contributed by atoms with Crippen LogP contribution in [0.25, 0.3) is 0 Å². The number of aryl methyl sites for hydroxylation is 1. The first-order valence-electron chi connectivity index (χ1n) is 7.80. The minimum absolute atomic E-state index is 0.350. The highest BCUT2D eigenvalue weighted by atomic mass is 79.9. The molecular weight excluding hydrogens is 418 g/mol. The van der Waals surface area contributed by atoms with Crippen LogP contribution in [0.4, 0.5) is 5.69 Å². The number of hydrazone groups is 1. The SMILES string of the molecule is C/C(=N/NC(=O)CN(c1ccc(C)cc1)S(C)(=O)=O)c1cccc(Br)c1. The lowest BCUT2D eigenvalue weighted by molar-refractivity contribution is -0.119. The van der Waals surface area contributed by atoms with Gasteiger partial charge in [0.2, 0.25) is 10.0 Å². The van der Waals surface area contributed by atoms with Gasteiger partial charge in [0.15, 0.2) is 0 Å². The fourth-order valence-corrected chi connectivity index (χ4v) is 3.46. The van der Waals surface area contributed by atoms with Crippen LogP contribution >= 0.6 is 15.9 Å². The molecule has 8 heteroatoms. The van der Waals surface area contributed by atoms with Crippen molar-refractivity contribution >= 4 is 43.3 Å². The average Bonchev–Trinajstić information content (AvgIpc) is 2.57. The van der Waals surface area contributed by atoms with Crippen molar-refractivity contribution in [3.05, 3.63) is 64.1 Å². The Morgan fingerprint density at radius 1 is 1.19 bits per heavy atom. The Morgan fingerprint density at radius 2 is 1.85 bits per heavy atom. The first-order valence-corrected chi connectivity index (χ1v) is 10.4. The third-order valence-electron chi connectivity index (χ3n) is 3.60. The average molecular weight is 438 g/mol. The zero-order valence-corrected chi connectivity index (χ0v) is 17.1. The van der Waals surface area contributed by atoms with Crippen LogP contribution in [0.15, 0.2) is 58.1 Å². The number of carbonyl (C=O) groups is 1. The Balaban J connectivity index is 2.12. The fraction of sp³-hybridized carbons (Fsp3) is 0.222. The molecule has 0 aliphatic heterocycles. The summed E-state index contributed by atoms with van der Waals surface area (Å²) in [7, 11) is -3.60. The number of amides is 1. The minimum atomic E-state index is -3.60. The molecule has 0 atom stereocenters. The van der Waals surface area contributed by atoms with Crippen molar-refractivity contribution in [2.45, 2.75) is 13.8 Å². The maximum Gasteiger partial charge on any atom is 0.260 e. The maximum absolute atomic E-state index is 12.2. The number of sulfonamides is 1. The highest BCUT2D eigenvalue weighted by molar-refractivity contribution is 9.10. The highest BCUT2D eigenvalue weighted by Crippen LogP contribution is 2.18. The molecule has 0 radical (unpaired) electrons. The zero-order chi connectivity index (χ0) is 19.3. The van der Waals surface area contributed by atoms with Crippen molar-refractivity contribution in [2.75, 3.05) is 17.1 Å². The van der Waals surface area contributed by atoms with Crippen molar-refractivity contribution in [3.8, 4) is 0 Å². The molecule has 6 nitrogen and oxygen atoms in total. The molecule has 0 saturated carbocycles. The normalized spacial score (nSPS) is 11.9. The van der Waals surface area contributed by atoms with E-state index in [0.717, 1.165) is 26.2 Å². The zero-order valence-electron chi connectivity index (χ0n) is 14.7. The summed E-state index contributed by atoms with van der Waals surface area (Å²) in [5, 5.41) is 4.05. The van der Waals surface area contributed by atoms with Gasteiger partial charge in [0.1, 0.15) is 6.54 Å². The fourth-order valence-electron chi connectivity index (χ4n) is 2.20. The van der Waals surface area contributed by atoms with Crippen LogP contribution in [0.5, 0.6) is 0 Å². The van der Waals surface area contributed by atoms with Crippen molar-refractivity contribution in [1.82, 2.24) is 5.43 Å². The largest absolute Gasteiger partial charge is 0.271 e. The number of halogens is 1. The Labute approximate surface area is 162 Å². The van der Waals surface area contributed by atoms with Gasteiger partial charge in [-0.15, -0.1) is 0 Å². The van der Waals surface area contributed by atoms with Gasteiger partial charge >= 0.3 is 0 Å². The first-order chi connectivity index (χ1) is 12.2. The van der Waals surface area contributed by atoms with E-state index in [9.17, 15) is 13.2 Å². The maximum atomic E-state index is 12.2. The first kappa shape index (κ1) is 20.1.